The van der Waals surface area contributed by atoms with Crippen LogP contribution >= 0.6 is 0 Å². The number of amides is 1. The maximum Gasteiger partial charge on any atom is 0.253 e. The molecule has 0 fully saturated rings. The van der Waals surface area contributed by atoms with Crippen LogP contribution in [0, 0.1) is 0 Å². The van der Waals surface area contributed by atoms with Crippen molar-refractivity contribution in [2.45, 2.75) is 6.54 Å². The molecule has 0 N–H and O–H groups in total. The number of hydrogen-bond donors (Lipinski definition) is 0. The lowest BCUT2D eigenvalue weighted by Crippen LogP contribution is -2.26. The molecular weight excluding hydrogens is 374 g/mol. The summed E-state index contributed by atoms with van der Waals surface area (Å²) in [5.74, 6) is -0.156. The zero-order valence-electron chi connectivity index (χ0n) is 16.4. The molecule has 1 amide bonds. The van der Waals surface area contributed by atoms with Crippen LogP contribution in [0.4, 0.5) is 0 Å². The predicted molar refractivity (Wildman–Crippen MR) is 115 cm³/mol. The number of hydrogen-bond acceptors (Lipinski definition) is 3. The molecule has 5 nitrogen and oxygen atoms in total. The Morgan fingerprint density at radius 3 is 2.40 bits per heavy atom. The number of carbonyl (C=O) groups excluding carboxylic acids is 2. The monoisotopic (exact) mass is 393 g/mol. The Morgan fingerprint density at radius 1 is 0.900 bits per heavy atom. The molecule has 4 aromatic rings. The molecule has 0 aliphatic heterocycles. The van der Waals surface area contributed by atoms with Crippen molar-refractivity contribution in [3.05, 3.63) is 107 Å². The lowest BCUT2D eigenvalue weighted by Gasteiger charge is -2.16. The average Bonchev–Trinajstić information content (AvgIpc) is 3.37. The van der Waals surface area contributed by atoms with E-state index in [0.29, 0.717) is 23.2 Å². The maximum absolute atomic E-state index is 13.0. The van der Waals surface area contributed by atoms with Gasteiger partial charge in [-0.3, -0.25) is 9.59 Å². The molecule has 5 heteroatoms. The largest absolute Gasteiger partial charge is 0.337 e. The number of rotatable bonds is 4. The third-order valence-electron chi connectivity index (χ3n) is 5.40. The van der Waals surface area contributed by atoms with Crippen molar-refractivity contribution in [2.75, 3.05) is 7.05 Å². The number of benzene rings is 3. The van der Waals surface area contributed by atoms with Crippen LogP contribution in [0.2, 0.25) is 0 Å². The molecule has 0 saturated heterocycles. The normalized spacial score (nSPS) is 11.8. The number of nitrogens with zero attached hydrogens (tertiary/aromatic N) is 3. The van der Waals surface area contributed by atoms with Crippen molar-refractivity contribution < 1.29 is 9.59 Å². The van der Waals surface area contributed by atoms with Crippen LogP contribution in [-0.4, -0.2) is 33.4 Å². The van der Waals surface area contributed by atoms with Crippen LogP contribution in [0.3, 0.4) is 0 Å². The molecule has 1 aliphatic rings. The van der Waals surface area contributed by atoms with Gasteiger partial charge in [-0.1, -0.05) is 48.5 Å². The van der Waals surface area contributed by atoms with Gasteiger partial charge >= 0.3 is 0 Å². The highest BCUT2D eigenvalue weighted by Crippen LogP contribution is 2.36. The fourth-order valence-corrected chi connectivity index (χ4v) is 3.89. The molecular formula is C25H19N3O2. The summed E-state index contributed by atoms with van der Waals surface area (Å²) in [5.41, 5.74) is 5.50. The number of fused-ring (bicyclic) bond motifs is 3. The van der Waals surface area contributed by atoms with Crippen LogP contribution in [0.5, 0.6) is 0 Å². The van der Waals surface area contributed by atoms with E-state index in [4.69, 9.17) is 0 Å². The summed E-state index contributed by atoms with van der Waals surface area (Å²) < 4.78 is 1.79. The molecule has 30 heavy (non-hydrogen) atoms. The molecule has 5 rings (SSSR count). The minimum Gasteiger partial charge on any atom is -0.337 e. The van der Waals surface area contributed by atoms with Crippen molar-refractivity contribution in [3.63, 3.8) is 0 Å². The molecule has 0 bridgehead atoms. The van der Waals surface area contributed by atoms with Crippen molar-refractivity contribution in [2.24, 2.45) is 0 Å². The van der Waals surface area contributed by atoms with Gasteiger partial charge in [-0.25, -0.2) is 4.68 Å². The Bertz CT molecular complexity index is 1270. The minimum absolute atomic E-state index is 0.0259. The van der Waals surface area contributed by atoms with Crippen molar-refractivity contribution in [1.82, 2.24) is 14.7 Å². The number of ketones is 1. The first kappa shape index (κ1) is 18.1. The smallest absolute Gasteiger partial charge is 0.253 e. The topological polar surface area (TPSA) is 55.2 Å². The van der Waals surface area contributed by atoms with Gasteiger partial charge in [0.05, 0.1) is 11.9 Å². The summed E-state index contributed by atoms with van der Waals surface area (Å²) in [4.78, 5) is 27.4. The second-order valence-electron chi connectivity index (χ2n) is 7.42. The Morgan fingerprint density at radius 2 is 1.60 bits per heavy atom. The minimum atomic E-state index is -0.131. The first-order valence-electron chi connectivity index (χ1n) is 9.74. The van der Waals surface area contributed by atoms with E-state index in [1.807, 2.05) is 66.9 Å². The zero-order valence-corrected chi connectivity index (χ0v) is 16.4. The van der Waals surface area contributed by atoms with E-state index in [1.165, 1.54) is 0 Å². The van der Waals surface area contributed by atoms with Crippen LogP contribution in [0.15, 0.2) is 85.2 Å². The summed E-state index contributed by atoms with van der Waals surface area (Å²) in [6, 6.07) is 22.8. The van der Waals surface area contributed by atoms with Gasteiger partial charge in [0, 0.05) is 42.0 Å². The van der Waals surface area contributed by atoms with E-state index in [0.717, 1.165) is 22.4 Å². The summed E-state index contributed by atoms with van der Waals surface area (Å²) in [5, 5.41) is 4.39. The number of para-hydroxylation sites is 1. The summed E-state index contributed by atoms with van der Waals surface area (Å²) in [6.07, 6.45) is 3.68. The van der Waals surface area contributed by atoms with Crippen LogP contribution in [-0.2, 0) is 6.54 Å². The standard InChI is InChI=1S/C25H19N3O2/c1-27(15-17-14-26-28(16-17)19-7-3-2-4-8-19)25(30)18-11-12-21-20-9-5-6-10-22(20)24(29)23(21)13-18/h2-14,16H,15H2,1H3. The average molecular weight is 393 g/mol. The molecule has 0 radical (unpaired) electrons. The molecule has 0 unspecified atom stereocenters. The first-order chi connectivity index (χ1) is 14.6. The van der Waals surface area contributed by atoms with E-state index < -0.39 is 0 Å². The molecule has 0 atom stereocenters. The van der Waals surface area contributed by atoms with Crippen LogP contribution in [0.25, 0.3) is 16.8 Å². The van der Waals surface area contributed by atoms with Crippen LogP contribution in [0.1, 0.15) is 31.8 Å². The van der Waals surface area contributed by atoms with Gasteiger partial charge < -0.3 is 4.90 Å². The second kappa shape index (κ2) is 7.12. The van der Waals surface area contributed by atoms with Crippen LogP contribution < -0.4 is 0 Å². The fourth-order valence-electron chi connectivity index (χ4n) is 3.89. The van der Waals surface area contributed by atoms with E-state index >= 15 is 0 Å². The third-order valence-corrected chi connectivity index (χ3v) is 5.40. The quantitative estimate of drug-likeness (QED) is 0.456. The van der Waals surface area contributed by atoms with Gasteiger partial charge in [0.1, 0.15) is 0 Å². The number of aromatic nitrogens is 2. The van der Waals surface area contributed by atoms with Crippen molar-refractivity contribution >= 4 is 11.7 Å². The molecule has 146 valence electrons. The Balaban J connectivity index is 1.36. The molecule has 3 aromatic carbocycles. The molecule has 1 aromatic heterocycles. The van der Waals surface area contributed by atoms with E-state index in [1.54, 1.807) is 35.0 Å². The maximum atomic E-state index is 13.0. The Hall–Kier alpha value is -3.99. The predicted octanol–water partition coefficient (Wildman–Crippen LogP) is 4.36. The van der Waals surface area contributed by atoms with Gasteiger partial charge in [-0.15, -0.1) is 0 Å². The number of carbonyl (C=O) groups is 2. The van der Waals surface area contributed by atoms with Gasteiger partial charge in [0.25, 0.3) is 5.91 Å². The molecule has 1 aliphatic carbocycles. The lowest BCUT2D eigenvalue weighted by molar-refractivity contribution is 0.0785. The summed E-state index contributed by atoms with van der Waals surface area (Å²) in [7, 11) is 1.76. The van der Waals surface area contributed by atoms with Gasteiger partial charge in [-0.2, -0.15) is 5.10 Å². The van der Waals surface area contributed by atoms with Gasteiger partial charge in [0.2, 0.25) is 0 Å². The SMILES string of the molecule is CN(Cc1cnn(-c2ccccc2)c1)C(=O)c1ccc2c(c1)C(=O)c1ccccc1-2. The third kappa shape index (κ3) is 3.01. The molecule has 0 saturated carbocycles. The molecule has 0 spiro atoms. The Kier molecular flexibility index (Phi) is 4.29. The van der Waals surface area contributed by atoms with E-state index in [2.05, 4.69) is 5.10 Å². The highest BCUT2D eigenvalue weighted by atomic mass is 16.2. The summed E-state index contributed by atoms with van der Waals surface area (Å²) in [6.45, 7) is 0.428. The van der Waals surface area contributed by atoms with Crippen molar-refractivity contribution in [1.29, 1.82) is 0 Å². The zero-order chi connectivity index (χ0) is 20.7. The van der Waals surface area contributed by atoms with E-state index in [9.17, 15) is 9.59 Å². The highest BCUT2D eigenvalue weighted by Gasteiger charge is 2.27. The van der Waals surface area contributed by atoms with Gasteiger partial charge in [0.15, 0.2) is 5.78 Å². The van der Waals surface area contributed by atoms with Crippen molar-refractivity contribution in [3.8, 4) is 16.8 Å². The molecule has 1 heterocycles. The van der Waals surface area contributed by atoms with E-state index in [-0.39, 0.29) is 11.7 Å². The summed E-state index contributed by atoms with van der Waals surface area (Å²) >= 11 is 0. The first-order valence-corrected chi connectivity index (χ1v) is 9.74. The lowest BCUT2D eigenvalue weighted by atomic mass is 10.0. The Labute approximate surface area is 174 Å². The fraction of sp³-hybridized carbons (Fsp3) is 0.0800. The van der Waals surface area contributed by atoms with Gasteiger partial charge in [-0.05, 0) is 35.4 Å². The second-order valence-corrected chi connectivity index (χ2v) is 7.42. The highest BCUT2D eigenvalue weighted by molar-refractivity contribution is 6.22.